The highest BCUT2D eigenvalue weighted by Crippen LogP contribution is 2.25. The van der Waals surface area contributed by atoms with E-state index in [1.54, 1.807) is 11.3 Å². The molecule has 1 heterocycles. The van der Waals surface area contributed by atoms with Crippen molar-refractivity contribution < 1.29 is 4.79 Å². The molecule has 4 heteroatoms. The lowest BCUT2D eigenvalue weighted by molar-refractivity contribution is 0.102. The van der Waals surface area contributed by atoms with E-state index in [1.807, 2.05) is 37.3 Å². The maximum absolute atomic E-state index is 11.9. The summed E-state index contributed by atoms with van der Waals surface area (Å²) in [5.74, 6) is -0.0531. The van der Waals surface area contributed by atoms with Gasteiger partial charge in [-0.3, -0.25) is 4.79 Å². The second-order valence-corrected chi connectivity index (χ2v) is 6.31. The summed E-state index contributed by atoms with van der Waals surface area (Å²) < 4.78 is 1.13. The molecule has 1 N–H and O–H groups in total. The summed E-state index contributed by atoms with van der Waals surface area (Å²) >= 11 is 3.83. The molecule has 0 unspecified atom stereocenters. The lowest BCUT2D eigenvalue weighted by atomic mass is 10.2. The van der Waals surface area contributed by atoms with Crippen LogP contribution in [0.5, 0.6) is 0 Å². The van der Waals surface area contributed by atoms with E-state index in [0.717, 1.165) is 8.57 Å². The molecule has 1 aromatic carbocycles. The summed E-state index contributed by atoms with van der Waals surface area (Å²) in [5, 5.41) is 3.82. The van der Waals surface area contributed by atoms with Crippen molar-refractivity contribution in [3.63, 3.8) is 0 Å². The summed E-state index contributed by atoms with van der Waals surface area (Å²) in [6.07, 6.45) is 0. The second-order valence-electron chi connectivity index (χ2n) is 3.81. The summed E-state index contributed by atoms with van der Waals surface area (Å²) in [5.41, 5.74) is 1.90. The van der Waals surface area contributed by atoms with Crippen LogP contribution in [0, 0.1) is 17.4 Å². The molecule has 0 atom stereocenters. The highest BCUT2D eigenvalue weighted by molar-refractivity contribution is 14.1. The van der Waals surface area contributed by atoms with E-state index in [4.69, 9.17) is 0 Å². The number of aryl methyl sites for hydroxylation is 2. The topological polar surface area (TPSA) is 29.1 Å². The van der Waals surface area contributed by atoms with Gasteiger partial charge in [0.15, 0.2) is 0 Å². The van der Waals surface area contributed by atoms with Gasteiger partial charge in [-0.05, 0) is 72.3 Å². The molecule has 0 aliphatic heterocycles. The smallest absolute Gasteiger partial charge is 0.256 e. The molecule has 88 valence electrons. The lowest BCUT2D eigenvalue weighted by Crippen LogP contribution is -2.10. The number of anilines is 1. The summed E-state index contributed by atoms with van der Waals surface area (Å²) in [6, 6.07) is 9.54. The molecular formula is C13H12INOS. The predicted molar refractivity (Wildman–Crippen MR) is 80.9 cm³/mol. The van der Waals surface area contributed by atoms with E-state index in [1.165, 1.54) is 10.4 Å². The summed E-state index contributed by atoms with van der Waals surface area (Å²) in [4.78, 5) is 13.2. The molecule has 0 saturated carbocycles. The van der Waals surface area contributed by atoms with Gasteiger partial charge >= 0.3 is 0 Å². The SMILES string of the molecule is Cc1cc(NC(=O)c2ccc(I)cc2)sc1C. The number of benzene rings is 1. The summed E-state index contributed by atoms with van der Waals surface area (Å²) in [7, 11) is 0. The first kappa shape index (κ1) is 12.6. The van der Waals surface area contributed by atoms with Gasteiger partial charge in [0.25, 0.3) is 5.91 Å². The Kier molecular flexibility index (Phi) is 3.83. The van der Waals surface area contributed by atoms with Gasteiger partial charge in [-0.2, -0.15) is 0 Å². The number of carbonyl (C=O) groups excluding carboxylic acids is 1. The quantitative estimate of drug-likeness (QED) is 0.801. The van der Waals surface area contributed by atoms with Crippen molar-refractivity contribution in [1.29, 1.82) is 0 Å². The Morgan fingerprint density at radius 2 is 1.88 bits per heavy atom. The van der Waals surface area contributed by atoms with Crippen LogP contribution in [-0.4, -0.2) is 5.91 Å². The highest BCUT2D eigenvalue weighted by Gasteiger charge is 2.08. The number of rotatable bonds is 2. The zero-order valence-corrected chi connectivity index (χ0v) is 12.6. The first-order chi connectivity index (χ1) is 8.06. The van der Waals surface area contributed by atoms with Crippen LogP contribution in [0.3, 0.4) is 0 Å². The maximum atomic E-state index is 11.9. The molecular weight excluding hydrogens is 345 g/mol. The fraction of sp³-hybridized carbons (Fsp3) is 0.154. The van der Waals surface area contributed by atoms with Crippen LogP contribution in [0.15, 0.2) is 30.3 Å². The third kappa shape index (κ3) is 3.07. The number of hydrogen-bond donors (Lipinski definition) is 1. The van der Waals surface area contributed by atoms with Crippen molar-refractivity contribution in [3.8, 4) is 0 Å². The minimum Gasteiger partial charge on any atom is -0.314 e. The highest BCUT2D eigenvalue weighted by atomic mass is 127. The number of hydrogen-bond acceptors (Lipinski definition) is 2. The number of carbonyl (C=O) groups is 1. The fourth-order valence-corrected chi connectivity index (χ4v) is 2.71. The molecule has 2 aromatic rings. The first-order valence-corrected chi connectivity index (χ1v) is 7.10. The molecule has 17 heavy (non-hydrogen) atoms. The molecule has 0 bridgehead atoms. The Morgan fingerprint density at radius 1 is 1.24 bits per heavy atom. The lowest BCUT2D eigenvalue weighted by Gasteiger charge is -2.02. The van der Waals surface area contributed by atoms with Crippen molar-refractivity contribution in [1.82, 2.24) is 0 Å². The van der Waals surface area contributed by atoms with E-state index in [2.05, 4.69) is 34.8 Å². The van der Waals surface area contributed by atoms with Crippen molar-refractivity contribution in [2.24, 2.45) is 0 Å². The normalized spacial score (nSPS) is 10.3. The molecule has 0 fully saturated rings. The average Bonchev–Trinajstić information content (AvgIpc) is 2.58. The number of halogens is 1. The third-order valence-electron chi connectivity index (χ3n) is 2.51. The monoisotopic (exact) mass is 357 g/mol. The van der Waals surface area contributed by atoms with Gasteiger partial charge in [-0.1, -0.05) is 0 Å². The van der Waals surface area contributed by atoms with Crippen LogP contribution in [0.25, 0.3) is 0 Å². The Morgan fingerprint density at radius 3 is 2.41 bits per heavy atom. The average molecular weight is 357 g/mol. The molecule has 2 nitrogen and oxygen atoms in total. The number of nitrogens with one attached hydrogen (secondary N) is 1. The molecule has 0 aliphatic carbocycles. The van der Waals surface area contributed by atoms with Crippen molar-refractivity contribution >= 4 is 44.8 Å². The van der Waals surface area contributed by atoms with Gasteiger partial charge in [-0.15, -0.1) is 11.3 Å². The largest absolute Gasteiger partial charge is 0.314 e. The van der Waals surface area contributed by atoms with Crippen LogP contribution in [-0.2, 0) is 0 Å². The van der Waals surface area contributed by atoms with Gasteiger partial charge in [0.1, 0.15) is 0 Å². The molecule has 1 aromatic heterocycles. The fourth-order valence-electron chi connectivity index (χ4n) is 1.42. The molecule has 2 rings (SSSR count). The van der Waals surface area contributed by atoms with Crippen molar-refractivity contribution in [2.75, 3.05) is 5.32 Å². The molecule has 0 aliphatic rings. The zero-order valence-electron chi connectivity index (χ0n) is 9.58. The zero-order chi connectivity index (χ0) is 12.4. The third-order valence-corrected chi connectivity index (χ3v) is 4.30. The molecule has 1 amide bonds. The van der Waals surface area contributed by atoms with Gasteiger partial charge in [0.2, 0.25) is 0 Å². The van der Waals surface area contributed by atoms with Crippen molar-refractivity contribution in [2.45, 2.75) is 13.8 Å². The standard InChI is InChI=1S/C13H12INOS/c1-8-7-12(17-9(8)2)15-13(16)10-3-5-11(14)6-4-10/h3-7H,1-2H3,(H,15,16). The van der Waals surface area contributed by atoms with E-state index in [-0.39, 0.29) is 5.91 Å². The molecule has 0 radical (unpaired) electrons. The van der Waals surface area contributed by atoms with Crippen LogP contribution in [0.2, 0.25) is 0 Å². The van der Waals surface area contributed by atoms with E-state index in [0.29, 0.717) is 5.56 Å². The Bertz CT molecular complexity index is 526. The van der Waals surface area contributed by atoms with Crippen LogP contribution >= 0.6 is 33.9 Å². The first-order valence-electron chi connectivity index (χ1n) is 5.20. The molecule has 0 spiro atoms. The van der Waals surface area contributed by atoms with Crippen molar-refractivity contribution in [3.05, 3.63) is 49.9 Å². The Labute approximate surface area is 118 Å². The van der Waals surface area contributed by atoms with Gasteiger partial charge < -0.3 is 5.32 Å². The predicted octanol–water partition coefficient (Wildman–Crippen LogP) is 4.22. The van der Waals surface area contributed by atoms with E-state index in [9.17, 15) is 4.79 Å². The van der Waals surface area contributed by atoms with Gasteiger partial charge in [-0.25, -0.2) is 0 Å². The van der Waals surface area contributed by atoms with E-state index >= 15 is 0 Å². The number of thiophene rings is 1. The van der Waals surface area contributed by atoms with Crippen LogP contribution < -0.4 is 5.32 Å². The van der Waals surface area contributed by atoms with Gasteiger partial charge in [0.05, 0.1) is 5.00 Å². The van der Waals surface area contributed by atoms with Crippen LogP contribution in [0.1, 0.15) is 20.8 Å². The number of amides is 1. The maximum Gasteiger partial charge on any atom is 0.256 e. The minimum absolute atomic E-state index is 0.0531. The second kappa shape index (κ2) is 5.18. The molecule has 0 saturated heterocycles. The van der Waals surface area contributed by atoms with Crippen LogP contribution in [0.4, 0.5) is 5.00 Å². The Hall–Kier alpha value is -0.880. The summed E-state index contributed by atoms with van der Waals surface area (Å²) in [6.45, 7) is 4.10. The minimum atomic E-state index is -0.0531. The Balaban J connectivity index is 2.14. The van der Waals surface area contributed by atoms with Gasteiger partial charge in [0, 0.05) is 14.0 Å². The van der Waals surface area contributed by atoms with E-state index < -0.39 is 0 Å².